The molecular weight excluding hydrogens is 203 g/mol. The molecule has 6 aliphatic rings. The van der Waals surface area contributed by atoms with Crippen molar-refractivity contribution in [1.82, 2.24) is 0 Å². The lowest BCUT2D eigenvalue weighted by molar-refractivity contribution is 0.157. The summed E-state index contributed by atoms with van der Waals surface area (Å²) in [5.74, 6) is 6.49. The summed E-state index contributed by atoms with van der Waals surface area (Å²) in [4.78, 5) is 0. The molecule has 0 saturated heterocycles. The number of rotatable bonds is 2. The van der Waals surface area contributed by atoms with Gasteiger partial charge in [-0.25, -0.2) is 0 Å². The highest BCUT2D eigenvalue weighted by molar-refractivity contribution is 6.40. The van der Waals surface area contributed by atoms with Gasteiger partial charge in [0.2, 0.25) is 0 Å². The van der Waals surface area contributed by atoms with Crippen LogP contribution in [0.5, 0.6) is 0 Å². The van der Waals surface area contributed by atoms with Crippen molar-refractivity contribution in [2.45, 2.75) is 75.8 Å². The van der Waals surface area contributed by atoms with Gasteiger partial charge in [0.05, 0.1) is 0 Å². The average molecular weight is 229 g/mol. The minimum absolute atomic E-state index is 1.03. The van der Waals surface area contributed by atoms with Crippen LogP contribution in [0.4, 0.5) is 0 Å². The van der Waals surface area contributed by atoms with Gasteiger partial charge in [0.1, 0.15) is 7.28 Å². The fraction of sp³-hybridized carbons (Fsp3) is 1.00. The van der Waals surface area contributed by atoms with E-state index >= 15 is 0 Å². The van der Waals surface area contributed by atoms with E-state index in [1.165, 1.54) is 0 Å². The van der Waals surface area contributed by atoms with E-state index in [1.54, 1.807) is 64.2 Å². The van der Waals surface area contributed by atoms with E-state index in [2.05, 4.69) is 7.28 Å². The summed E-state index contributed by atoms with van der Waals surface area (Å²) in [6.07, 6.45) is 15.6. The molecule has 0 heterocycles. The van der Waals surface area contributed by atoms with E-state index in [4.69, 9.17) is 0 Å². The summed E-state index contributed by atoms with van der Waals surface area (Å²) in [6.45, 7) is 0. The maximum Gasteiger partial charge on any atom is 0.118 e. The van der Waals surface area contributed by atoms with Gasteiger partial charge in [-0.3, -0.25) is 0 Å². The fourth-order valence-corrected chi connectivity index (χ4v) is 5.65. The van der Waals surface area contributed by atoms with Crippen LogP contribution >= 0.6 is 0 Å². The molecule has 0 aromatic heterocycles. The normalized spacial score (nSPS) is 52.7. The highest BCUT2D eigenvalue weighted by Crippen LogP contribution is 2.53. The van der Waals surface area contributed by atoms with Crippen LogP contribution in [0.3, 0.4) is 0 Å². The van der Waals surface area contributed by atoms with E-state index in [9.17, 15) is 0 Å². The molecule has 93 valence electrons. The molecule has 0 aliphatic heterocycles. The van der Waals surface area contributed by atoms with Crippen molar-refractivity contribution >= 4 is 7.28 Å². The smallest absolute Gasteiger partial charge is 0.0655 e. The van der Waals surface area contributed by atoms with Crippen molar-refractivity contribution in [3.8, 4) is 0 Å². The third-order valence-electron chi connectivity index (χ3n) is 6.70. The average Bonchev–Trinajstić information content (AvgIpc) is 2.41. The Hall–Kier alpha value is 0.0649. The van der Waals surface area contributed by atoms with Crippen molar-refractivity contribution in [1.29, 1.82) is 0 Å². The molecule has 4 bridgehead atoms. The van der Waals surface area contributed by atoms with Gasteiger partial charge in [0.15, 0.2) is 0 Å². The zero-order valence-electron chi connectivity index (χ0n) is 11.1. The quantitative estimate of drug-likeness (QED) is 0.602. The molecule has 0 aromatic carbocycles. The Morgan fingerprint density at radius 1 is 0.529 bits per heavy atom. The van der Waals surface area contributed by atoms with Gasteiger partial charge in [0.25, 0.3) is 0 Å². The summed E-state index contributed by atoms with van der Waals surface area (Å²) < 4.78 is 0. The van der Waals surface area contributed by atoms with Crippen molar-refractivity contribution < 1.29 is 0 Å². The monoisotopic (exact) mass is 229 g/mol. The first-order chi connectivity index (χ1) is 8.38. The Balaban J connectivity index is 1.41. The van der Waals surface area contributed by atoms with Crippen molar-refractivity contribution in [3.63, 3.8) is 0 Å². The SMILES string of the molecule is [B](C1CC2CCC1CC2)C1CC2CCC1CC2. The minimum atomic E-state index is 1.03. The molecule has 0 N–H and O–H groups in total. The Labute approximate surface area is 107 Å². The molecule has 6 saturated carbocycles. The molecule has 6 rings (SSSR count). The molecule has 1 radical (unpaired) electrons. The maximum absolute atomic E-state index is 2.88. The summed E-state index contributed by atoms with van der Waals surface area (Å²) in [7, 11) is 2.88. The lowest BCUT2D eigenvalue weighted by Crippen LogP contribution is -2.37. The highest BCUT2D eigenvalue weighted by Gasteiger charge is 2.41. The fourth-order valence-electron chi connectivity index (χ4n) is 5.65. The molecule has 17 heavy (non-hydrogen) atoms. The zero-order chi connectivity index (χ0) is 11.2. The molecule has 2 unspecified atom stereocenters. The van der Waals surface area contributed by atoms with E-state index in [1.807, 2.05) is 0 Å². The van der Waals surface area contributed by atoms with Gasteiger partial charge in [-0.2, -0.15) is 0 Å². The van der Waals surface area contributed by atoms with Gasteiger partial charge in [0, 0.05) is 0 Å². The Morgan fingerprint density at radius 3 is 1.24 bits per heavy atom. The lowest BCUT2D eigenvalue weighted by atomic mass is 9.39. The predicted molar refractivity (Wildman–Crippen MR) is 73.4 cm³/mol. The second-order valence-electron chi connectivity index (χ2n) is 7.55. The van der Waals surface area contributed by atoms with Crippen LogP contribution in [0.15, 0.2) is 0 Å². The van der Waals surface area contributed by atoms with Gasteiger partial charge >= 0.3 is 0 Å². The van der Waals surface area contributed by atoms with E-state index < -0.39 is 0 Å². The van der Waals surface area contributed by atoms with Crippen molar-refractivity contribution in [3.05, 3.63) is 0 Å². The zero-order valence-corrected chi connectivity index (χ0v) is 11.1. The third-order valence-corrected chi connectivity index (χ3v) is 6.70. The van der Waals surface area contributed by atoms with Gasteiger partial charge in [-0.1, -0.05) is 75.8 Å². The maximum atomic E-state index is 2.88. The Morgan fingerprint density at radius 2 is 0.941 bits per heavy atom. The van der Waals surface area contributed by atoms with Crippen molar-refractivity contribution in [2.75, 3.05) is 0 Å². The molecule has 2 atom stereocenters. The first-order valence-electron chi connectivity index (χ1n) is 8.23. The first kappa shape index (κ1) is 10.9. The van der Waals surface area contributed by atoms with Gasteiger partial charge in [-0.15, -0.1) is 0 Å². The van der Waals surface area contributed by atoms with Gasteiger partial charge < -0.3 is 0 Å². The molecule has 0 spiro atoms. The Bertz CT molecular complexity index is 243. The molecule has 0 nitrogen and oxygen atoms in total. The van der Waals surface area contributed by atoms with Crippen LogP contribution in [0, 0.1) is 23.7 Å². The molecule has 6 aliphatic carbocycles. The van der Waals surface area contributed by atoms with E-state index in [0.717, 1.165) is 35.3 Å². The third kappa shape index (κ3) is 1.98. The Kier molecular flexibility index (Phi) is 2.78. The molecular formula is C16H26B. The molecule has 0 aromatic rings. The number of hydrogen-bond acceptors (Lipinski definition) is 0. The van der Waals surface area contributed by atoms with Crippen LogP contribution < -0.4 is 0 Å². The van der Waals surface area contributed by atoms with Crippen LogP contribution in [0.1, 0.15) is 64.2 Å². The lowest BCUT2D eigenvalue weighted by Gasteiger charge is -2.48. The second kappa shape index (κ2) is 4.32. The number of hydrogen-bond donors (Lipinski definition) is 0. The highest BCUT2D eigenvalue weighted by atomic mass is 14.4. The second-order valence-corrected chi connectivity index (χ2v) is 7.55. The van der Waals surface area contributed by atoms with Crippen LogP contribution in [-0.2, 0) is 0 Å². The molecule has 1 heteroatoms. The molecule has 0 amide bonds. The summed E-state index contributed by atoms with van der Waals surface area (Å²) in [5, 5.41) is 0. The standard InChI is InChI=1S/C16H26B/c1-5-13-6-2-11(1)9-15(13)17-16-10-12-3-7-14(16)8-4-12/h11-16H,1-10H2. The number of fused-ring (bicyclic) bond motifs is 6. The summed E-state index contributed by atoms with van der Waals surface area (Å²) in [6, 6.07) is 0. The van der Waals surface area contributed by atoms with Gasteiger partial charge in [-0.05, 0) is 23.7 Å². The molecule has 6 fully saturated rings. The van der Waals surface area contributed by atoms with Crippen LogP contribution in [-0.4, -0.2) is 7.28 Å². The van der Waals surface area contributed by atoms with Crippen LogP contribution in [0.2, 0.25) is 11.6 Å². The summed E-state index contributed by atoms with van der Waals surface area (Å²) >= 11 is 0. The minimum Gasteiger partial charge on any atom is -0.0655 e. The largest absolute Gasteiger partial charge is 0.118 e. The topological polar surface area (TPSA) is 0 Å². The van der Waals surface area contributed by atoms with E-state index in [0.29, 0.717) is 0 Å². The first-order valence-corrected chi connectivity index (χ1v) is 8.23. The van der Waals surface area contributed by atoms with Crippen LogP contribution in [0.25, 0.3) is 0 Å². The predicted octanol–water partition coefficient (Wildman–Crippen LogP) is 4.69. The summed E-state index contributed by atoms with van der Waals surface area (Å²) in [5.41, 5.74) is 0. The van der Waals surface area contributed by atoms with Crippen molar-refractivity contribution in [2.24, 2.45) is 23.7 Å². The van der Waals surface area contributed by atoms with E-state index in [-0.39, 0.29) is 0 Å².